The summed E-state index contributed by atoms with van der Waals surface area (Å²) >= 11 is 5.90. The zero-order valence-corrected chi connectivity index (χ0v) is 10.8. The van der Waals surface area contributed by atoms with Crippen LogP contribution in [-0.2, 0) is 5.88 Å². The molecule has 0 spiro atoms. The molecule has 1 aliphatic carbocycles. The Morgan fingerprint density at radius 1 is 1.47 bits per heavy atom. The molecular formula is C14H16ClNO. The number of ether oxygens (including phenoxy) is 1. The van der Waals surface area contributed by atoms with Crippen molar-refractivity contribution in [3.63, 3.8) is 0 Å². The van der Waals surface area contributed by atoms with Gasteiger partial charge in [0.2, 0.25) is 0 Å². The number of halogens is 1. The average molecular weight is 250 g/mol. The van der Waals surface area contributed by atoms with Gasteiger partial charge >= 0.3 is 0 Å². The monoisotopic (exact) mass is 249 g/mol. The molecule has 0 radical (unpaired) electrons. The van der Waals surface area contributed by atoms with Crippen molar-refractivity contribution in [2.24, 2.45) is 5.41 Å². The number of benzene rings is 1. The summed E-state index contributed by atoms with van der Waals surface area (Å²) in [4.78, 5) is 0. The lowest BCUT2D eigenvalue weighted by Gasteiger charge is -2.16. The van der Waals surface area contributed by atoms with E-state index in [4.69, 9.17) is 21.6 Å². The standard InChI is InChI=1S/C14H16ClNO/c1-11-3-2-4-12(9-15)13(11)17-10-14(5-6-14)7-8-16/h2-4H,5-7,9-10H2,1H3. The van der Waals surface area contributed by atoms with Crippen LogP contribution in [0, 0.1) is 23.7 Å². The second-order valence-corrected chi connectivity index (χ2v) is 5.09. The average Bonchev–Trinajstić information content (AvgIpc) is 3.08. The van der Waals surface area contributed by atoms with Crippen LogP contribution in [0.5, 0.6) is 5.75 Å². The van der Waals surface area contributed by atoms with Crippen LogP contribution in [0.2, 0.25) is 0 Å². The first-order valence-corrected chi connectivity index (χ1v) is 6.38. The van der Waals surface area contributed by atoms with E-state index in [9.17, 15) is 0 Å². The summed E-state index contributed by atoms with van der Waals surface area (Å²) in [6, 6.07) is 8.24. The van der Waals surface area contributed by atoms with Crippen molar-refractivity contribution in [2.45, 2.75) is 32.1 Å². The second kappa shape index (κ2) is 4.98. The molecule has 2 rings (SSSR count). The molecule has 1 aliphatic rings. The molecule has 0 atom stereocenters. The minimum atomic E-state index is 0.112. The number of nitriles is 1. The molecule has 2 nitrogen and oxygen atoms in total. The minimum absolute atomic E-state index is 0.112. The fourth-order valence-electron chi connectivity index (χ4n) is 1.97. The number of rotatable bonds is 5. The lowest BCUT2D eigenvalue weighted by atomic mass is 10.1. The third-order valence-electron chi connectivity index (χ3n) is 3.37. The predicted octanol–water partition coefficient (Wildman–Crippen LogP) is 3.81. The third kappa shape index (κ3) is 2.73. The van der Waals surface area contributed by atoms with Crippen LogP contribution in [0.4, 0.5) is 0 Å². The maximum absolute atomic E-state index is 8.77. The van der Waals surface area contributed by atoms with Crippen LogP contribution in [0.3, 0.4) is 0 Å². The van der Waals surface area contributed by atoms with E-state index < -0.39 is 0 Å². The van der Waals surface area contributed by atoms with E-state index in [-0.39, 0.29) is 5.41 Å². The van der Waals surface area contributed by atoms with Crippen LogP contribution in [0.1, 0.15) is 30.4 Å². The minimum Gasteiger partial charge on any atom is -0.492 e. The van der Waals surface area contributed by atoms with E-state index in [0.29, 0.717) is 18.9 Å². The smallest absolute Gasteiger partial charge is 0.126 e. The van der Waals surface area contributed by atoms with Gasteiger partial charge in [-0.1, -0.05) is 18.2 Å². The predicted molar refractivity (Wildman–Crippen MR) is 68.1 cm³/mol. The first-order chi connectivity index (χ1) is 8.21. The first-order valence-electron chi connectivity index (χ1n) is 5.85. The number of nitrogens with zero attached hydrogens (tertiary/aromatic N) is 1. The van der Waals surface area contributed by atoms with Crippen molar-refractivity contribution in [3.8, 4) is 11.8 Å². The van der Waals surface area contributed by atoms with Gasteiger partial charge in [0.25, 0.3) is 0 Å². The Kier molecular flexibility index (Phi) is 3.59. The molecule has 1 aromatic rings. The molecule has 90 valence electrons. The maximum Gasteiger partial charge on any atom is 0.126 e. The number of alkyl halides is 1. The zero-order chi connectivity index (χ0) is 12.3. The number of hydrogen-bond acceptors (Lipinski definition) is 2. The molecule has 0 heterocycles. The van der Waals surface area contributed by atoms with Crippen molar-refractivity contribution in [1.29, 1.82) is 5.26 Å². The normalized spacial score (nSPS) is 16.3. The summed E-state index contributed by atoms with van der Waals surface area (Å²) in [7, 11) is 0. The summed E-state index contributed by atoms with van der Waals surface area (Å²) in [5.74, 6) is 1.36. The molecule has 1 aromatic carbocycles. The molecule has 17 heavy (non-hydrogen) atoms. The molecule has 1 saturated carbocycles. The quantitative estimate of drug-likeness (QED) is 0.744. The Bertz CT molecular complexity index is 446. The largest absolute Gasteiger partial charge is 0.492 e. The summed E-state index contributed by atoms with van der Waals surface area (Å²) in [6.07, 6.45) is 2.79. The maximum atomic E-state index is 8.77. The highest BCUT2D eigenvalue weighted by molar-refractivity contribution is 6.17. The Labute approximate surface area is 107 Å². The van der Waals surface area contributed by atoms with Gasteiger partial charge < -0.3 is 4.74 Å². The SMILES string of the molecule is Cc1cccc(CCl)c1OCC1(CC#N)CC1. The lowest BCUT2D eigenvalue weighted by molar-refractivity contribution is 0.234. The summed E-state index contributed by atoms with van der Waals surface area (Å²) < 4.78 is 5.90. The van der Waals surface area contributed by atoms with Gasteiger partial charge in [-0.15, -0.1) is 11.6 Å². The van der Waals surface area contributed by atoms with Gasteiger partial charge in [0.05, 0.1) is 18.6 Å². The molecule has 0 aliphatic heterocycles. The van der Waals surface area contributed by atoms with Crippen LogP contribution >= 0.6 is 11.6 Å². The molecule has 0 amide bonds. The summed E-state index contributed by atoms with van der Waals surface area (Å²) in [5, 5.41) is 8.77. The van der Waals surface area contributed by atoms with Crippen molar-refractivity contribution in [2.75, 3.05) is 6.61 Å². The van der Waals surface area contributed by atoms with Gasteiger partial charge in [-0.2, -0.15) is 5.26 Å². The highest BCUT2D eigenvalue weighted by Gasteiger charge is 2.43. The molecule has 3 heteroatoms. The van der Waals surface area contributed by atoms with E-state index in [1.165, 1.54) is 0 Å². The fourth-order valence-corrected chi connectivity index (χ4v) is 2.18. The van der Waals surface area contributed by atoms with E-state index in [1.807, 2.05) is 25.1 Å². The first kappa shape index (κ1) is 12.3. The topological polar surface area (TPSA) is 33.0 Å². The molecule has 1 fully saturated rings. The molecule has 0 aromatic heterocycles. The number of hydrogen-bond donors (Lipinski definition) is 0. The van der Waals surface area contributed by atoms with Crippen LogP contribution in [0.25, 0.3) is 0 Å². The Hall–Kier alpha value is -1.20. The van der Waals surface area contributed by atoms with Gasteiger partial charge in [-0.05, 0) is 25.3 Å². The molecule has 0 bridgehead atoms. The molecule has 0 N–H and O–H groups in total. The molecule has 0 unspecified atom stereocenters. The van der Waals surface area contributed by atoms with Gasteiger partial charge in [0.1, 0.15) is 5.75 Å². The highest BCUT2D eigenvalue weighted by Crippen LogP contribution is 2.49. The van der Waals surface area contributed by atoms with Gasteiger partial charge in [-0.25, -0.2) is 0 Å². The summed E-state index contributed by atoms with van der Waals surface area (Å²) in [6.45, 7) is 2.66. The fraction of sp³-hybridized carbons (Fsp3) is 0.500. The van der Waals surface area contributed by atoms with E-state index in [2.05, 4.69) is 6.07 Å². The Morgan fingerprint density at radius 3 is 2.82 bits per heavy atom. The Balaban J connectivity index is 2.07. The summed E-state index contributed by atoms with van der Waals surface area (Å²) in [5.41, 5.74) is 2.25. The third-order valence-corrected chi connectivity index (χ3v) is 3.66. The van der Waals surface area contributed by atoms with Gasteiger partial charge in [0, 0.05) is 17.4 Å². The highest BCUT2D eigenvalue weighted by atomic mass is 35.5. The van der Waals surface area contributed by atoms with Crippen LogP contribution in [0.15, 0.2) is 18.2 Å². The van der Waals surface area contributed by atoms with Crippen LogP contribution in [-0.4, -0.2) is 6.61 Å². The van der Waals surface area contributed by atoms with Crippen molar-refractivity contribution in [3.05, 3.63) is 29.3 Å². The van der Waals surface area contributed by atoms with Crippen molar-refractivity contribution >= 4 is 11.6 Å². The molecule has 0 saturated heterocycles. The Morgan fingerprint density at radius 2 is 2.24 bits per heavy atom. The lowest BCUT2D eigenvalue weighted by Crippen LogP contribution is -2.13. The molecular weight excluding hydrogens is 234 g/mol. The van der Waals surface area contributed by atoms with Gasteiger partial charge in [-0.3, -0.25) is 0 Å². The van der Waals surface area contributed by atoms with Crippen molar-refractivity contribution in [1.82, 2.24) is 0 Å². The van der Waals surface area contributed by atoms with Crippen LogP contribution < -0.4 is 4.74 Å². The van der Waals surface area contributed by atoms with Crippen molar-refractivity contribution < 1.29 is 4.74 Å². The van der Waals surface area contributed by atoms with E-state index in [1.54, 1.807) is 0 Å². The number of para-hydroxylation sites is 1. The second-order valence-electron chi connectivity index (χ2n) is 4.82. The zero-order valence-electron chi connectivity index (χ0n) is 10.0. The number of aryl methyl sites for hydroxylation is 1. The van der Waals surface area contributed by atoms with E-state index >= 15 is 0 Å². The van der Waals surface area contributed by atoms with Gasteiger partial charge in [0.15, 0.2) is 0 Å². The van der Waals surface area contributed by atoms with E-state index in [0.717, 1.165) is 29.7 Å².